The molecule has 0 saturated heterocycles. The summed E-state index contributed by atoms with van der Waals surface area (Å²) in [5.74, 6) is 0.317. The quantitative estimate of drug-likeness (QED) is 0.802. The average molecular weight is 289 g/mol. The maximum atomic E-state index is 11.5. The second kappa shape index (κ2) is 5.94. The van der Waals surface area contributed by atoms with Crippen LogP contribution in [0.15, 0.2) is 40.3 Å². The predicted molar refractivity (Wildman–Crippen MR) is 77.2 cm³/mol. The number of nitrogens with one attached hydrogen (secondary N) is 1. The van der Waals surface area contributed by atoms with Crippen LogP contribution >= 0.6 is 11.8 Å². The van der Waals surface area contributed by atoms with Crippen LogP contribution in [0.1, 0.15) is 12.5 Å². The molecule has 20 heavy (non-hydrogen) atoms. The molecule has 1 atom stereocenters. The first kappa shape index (κ1) is 14.4. The SMILES string of the molecule is CCn1c(SCC(N)(C#N)c2ccccc2)n[nH]c1=O. The molecule has 0 saturated carbocycles. The Labute approximate surface area is 120 Å². The van der Waals surface area contributed by atoms with Crippen molar-refractivity contribution in [3.05, 3.63) is 46.4 Å². The summed E-state index contributed by atoms with van der Waals surface area (Å²) in [7, 11) is 0. The maximum absolute atomic E-state index is 11.5. The van der Waals surface area contributed by atoms with E-state index in [-0.39, 0.29) is 5.69 Å². The molecule has 6 nitrogen and oxygen atoms in total. The highest BCUT2D eigenvalue weighted by atomic mass is 32.2. The normalized spacial score (nSPS) is 13.7. The summed E-state index contributed by atoms with van der Waals surface area (Å²) in [6.45, 7) is 2.38. The minimum Gasteiger partial charge on any atom is -0.309 e. The van der Waals surface area contributed by atoms with Crippen molar-refractivity contribution in [2.45, 2.75) is 24.2 Å². The van der Waals surface area contributed by atoms with Gasteiger partial charge in [-0.2, -0.15) is 5.26 Å². The average Bonchev–Trinajstić information content (AvgIpc) is 2.86. The van der Waals surface area contributed by atoms with E-state index in [1.807, 2.05) is 37.3 Å². The molecule has 7 heteroatoms. The lowest BCUT2D eigenvalue weighted by Crippen LogP contribution is -2.37. The van der Waals surface area contributed by atoms with E-state index in [9.17, 15) is 10.1 Å². The van der Waals surface area contributed by atoms with Crippen LogP contribution < -0.4 is 11.4 Å². The van der Waals surface area contributed by atoms with Crippen molar-refractivity contribution in [3.63, 3.8) is 0 Å². The Morgan fingerprint density at radius 2 is 2.20 bits per heavy atom. The van der Waals surface area contributed by atoms with Gasteiger partial charge in [-0.3, -0.25) is 4.57 Å². The third-order valence-corrected chi connectivity index (χ3v) is 4.13. The Morgan fingerprint density at radius 1 is 1.50 bits per heavy atom. The van der Waals surface area contributed by atoms with E-state index in [1.54, 1.807) is 0 Å². The van der Waals surface area contributed by atoms with E-state index in [0.717, 1.165) is 5.56 Å². The highest BCUT2D eigenvalue weighted by molar-refractivity contribution is 7.99. The number of nitrogens with zero attached hydrogens (tertiary/aromatic N) is 3. The first-order valence-corrected chi connectivity index (χ1v) is 7.13. The third-order valence-electron chi connectivity index (χ3n) is 2.96. The molecule has 2 rings (SSSR count). The Kier molecular flexibility index (Phi) is 4.27. The van der Waals surface area contributed by atoms with Gasteiger partial charge in [0, 0.05) is 12.3 Å². The van der Waals surface area contributed by atoms with E-state index in [2.05, 4.69) is 16.3 Å². The molecule has 0 aliphatic rings. The Balaban J connectivity index is 2.20. The van der Waals surface area contributed by atoms with Crippen molar-refractivity contribution in [1.29, 1.82) is 5.26 Å². The summed E-state index contributed by atoms with van der Waals surface area (Å²) in [6, 6.07) is 11.3. The van der Waals surface area contributed by atoms with Crippen LogP contribution in [0, 0.1) is 11.3 Å². The summed E-state index contributed by atoms with van der Waals surface area (Å²) < 4.78 is 1.51. The van der Waals surface area contributed by atoms with Gasteiger partial charge in [0.2, 0.25) is 0 Å². The maximum Gasteiger partial charge on any atom is 0.343 e. The van der Waals surface area contributed by atoms with Gasteiger partial charge in [0.1, 0.15) is 5.54 Å². The van der Waals surface area contributed by atoms with Crippen LogP contribution in [0.2, 0.25) is 0 Å². The number of rotatable bonds is 5. The highest BCUT2D eigenvalue weighted by Gasteiger charge is 2.28. The van der Waals surface area contributed by atoms with E-state index in [4.69, 9.17) is 5.73 Å². The summed E-state index contributed by atoms with van der Waals surface area (Å²) in [5.41, 5.74) is 5.54. The molecule has 3 N–H and O–H groups in total. The van der Waals surface area contributed by atoms with Crippen LogP contribution in [0.3, 0.4) is 0 Å². The molecule has 1 aromatic carbocycles. The fourth-order valence-electron chi connectivity index (χ4n) is 1.79. The van der Waals surface area contributed by atoms with Gasteiger partial charge >= 0.3 is 5.69 Å². The van der Waals surface area contributed by atoms with Crippen molar-refractivity contribution in [1.82, 2.24) is 14.8 Å². The van der Waals surface area contributed by atoms with Crippen LogP contribution in [0.25, 0.3) is 0 Å². The van der Waals surface area contributed by atoms with Gasteiger partial charge in [-0.1, -0.05) is 42.1 Å². The number of nitrogens with two attached hydrogens (primary N) is 1. The fraction of sp³-hybridized carbons (Fsp3) is 0.308. The smallest absolute Gasteiger partial charge is 0.309 e. The summed E-state index contributed by atoms with van der Waals surface area (Å²) >= 11 is 1.29. The predicted octanol–water partition coefficient (Wildman–Crippen LogP) is 1.06. The number of hydrogen-bond acceptors (Lipinski definition) is 5. The first-order chi connectivity index (χ1) is 9.60. The number of thioether (sulfide) groups is 1. The van der Waals surface area contributed by atoms with Gasteiger partial charge < -0.3 is 5.73 Å². The van der Waals surface area contributed by atoms with Crippen molar-refractivity contribution in [2.24, 2.45) is 5.73 Å². The molecule has 0 bridgehead atoms. The van der Waals surface area contributed by atoms with Crippen LogP contribution in [0.5, 0.6) is 0 Å². The molecule has 1 aromatic heterocycles. The highest BCUT2D eigenvalue weighted by Crippen LogP contribution is 2.25. The number of hydrogen-bond donors (Lipinski definition) is 2. The largest absolute Gasteiger partial charge is 0.343 e. The van der Waals surface area contributed by atoms with Gasteiger partial charge in [0.15, 0.2) is 5.16 Å². The van der Waals surface area contributed by atoms with Crippen molar-refractivity contribution in [3.8, 4) is 6.07 Å². The zero-order chi connectivity index (χ0) is 14.6. The number of nitriles is 1. The zero-order valence-corrected chi connectivity index (χ0v) is 11.9. The molecule has 0 radical (unpaired) electrons. The molecule has 104 valence electrons. The van der Waals surface area contributed by atoms with Crippen molar-refractivity contribution < 1.29 is 0 Å². The van der Waals surface area contributed by atoms with Crippen LogP contribution in [-0.4, -0.2) is 20.5 Å². The van der Waals surface area contributed by atoms with Gasteiger partial charge in [-0.25, -0.2) is 9.89 Å². The molecule has 1 heterocycles. The minimum absolute atomic E-state index is 0.255. The number of aromatic amines is 1. The molecule has 0 spiro atoms. The van der Waals surface area contributed by atoms with Crippen LogP contribution in [-0.2, 0) is 12.1 Å². The van der Waals surface area contributed by atoms with E-state index in [0.29, 0.717) is 17.5 Å². The van der Waals surface area contributed by atoms with Gasteiger partial charge in [-0.15, -0.1) is 5.10 Å². The van der Waals surface area contributed by atoms with Gasteiger partial charge in [-0.05, 0) is 12.5 Å². The van der Waals surface area contributed by atoms with Crippen molar-refractivity contribution >= 4 is 11.8 Å². The lowest BCUT2D eigenvalue weighted by Gasteiger charge is -2.21. The Morgan fingerprint density at radius 3 is 2.80 bits per heavy atom. The molecular weight excluding hydrogens is 274 g/mol. The fourth-order valence-corrected chi connectivity index (χ4v) is 2.85. The number of benzene rings is 1. The summed E-state index contributed by atoms with van der Waals surface area (Å²) in [4.78, 5) is 11.5. The second-order valence-electron chi connectivity index (χ2n) is 4.29. The zero-order valence-electron chi connectivity index (χ0n) is 11.0. The topological polar surface area (TPSA) is 100 Å². The molecule has 0 aliphatic heterocycles. The monoisotopic (exact) mass is 289 g/mol. The van der Waals surface area contributed by atoms with Crippen LogP contribution in [0.4, 0.5) is 0 Å². The molecule has 2 aromatic rings. The van der Waals surface area contributed by atoms with E-state index < -0.39 is 5.54 Å². The van der Waals surface area contributed by atoms with E-state index in [1.165, 1.54) is 16.3 Å². The van der Waals surface area contributed by atoms with Gasteiger partial charge in [0.25, 0.3) is 0 Å². The Hall–Kier alpha value is -2.04. The van der Waals surface area contributed by atoms with E-state index >= 15 is 0 Å². The number of aromatic nitrogens is 3. The van der Waals surface area contributed by atoms with Crippen molar-refractivity contribution in [2.75, 3.05) is 5.75 Å². The number of H-pyrrole nitrogens is 1. The summed E-state index contributed by atoms with van der Waals surface area (Å²) in [6.07, 6.45) is 0. The third kappa shape index (κ3) is 2.76. The minimum atomic E-state index is -1.11. The lowest BCUT2D eigenvalue weighted by molar-refractivity contribution is 0.641. The molecular formula is C13H15N5OS. The molecule has 1 unspecified atom stereocenters. The molecule has 0 aliphatic carbocycles. The first-order valence-electron chi connectivity index (χ1n) is 6.14. The molecule has 0 amide bonds. The second-order valence-corrected chi connectivity index (χ2v) is 5.24. The summed E-state index contributed by atoms with van der Waals surface area (Å²) in [5, 5.41) is 16.2. The standard InChI is InChI=1S/C13H15N5OS/c1-2-18-11(19)16-17-12(18)20-9-13(15,8-14)10-6-4-3-5-7-10/h3-7H,2,9,15H2,1H3,(H,16,19). The molecule has 0 fully saturated rings. The van der Waals surface area contributed by atoms with Gasteiger partial charge in [0.05, 0.1) is 6.07 Å². The lowest BCUT2D eigenvalue weighted by atomic mass is 9.95. The Bertz CT molecular complexity index is 672.